The molecule has 0 aromatic heterocycles. The van der Waals surface area contributed by atoms with Crippen LogP contribution in [0.1, 0.15) is 6.42 Å². The fraction of sp³-hybridized carbons (Fsp3) is 0.667. The number of hydrogen-bond donors (Lipinski definition) is 2. The fourth-order valence-corrected chi connectivity index (χ4v) is 0.801. The number of aliphatic hydroxyl groups excluding tert-OH is 1. The summed E-state index contributed by atoms with van der Waals surface area (Å²) in [6.45, 7) is 1.16. The average molecular weight is 113 g/mol. The van der Waals surface area contributed by atoms with Crippen molar-refractivity contribution in [1.29, 1.82) is 0 Å². The lowest BCUT2D eigenvalue weighted by atomic mass is 10.1. The van der Waals surface area contributed by atoms with Gasteiger partial charge in [-0.15, -0.1) is 0 Å². The van der Waals surface area contributed by atoms with Crippen molar-refractivity contribution in [1.82, 2.24) is 5.32 Å². The molecule has 2 N–H and O–H groups in total. The van der Waals surface area contributed by atoms with E-state index in [1.807, 2.05) is 0 Å². The summed E-state index contributed by atoms with van der Waals surface area (Å²) in [6.07, 6.45) is 5.14. The molecule has 1 unspecified atom stereocenters. The zero-order chi connectivity index (χ0) is 5.82. The molecule has 46 valence electrons. The van der Waals surface area contributed by atoms with Crippen molar-refractivity contribution in [3.05, 3.63) is 12.2 Å². The maximum Gasteiger partial charge on any atom is 0.0587 e. The molecule has 1 heterocycles. The van der Waals surface area contributed by atoms with E-state index in [1.54, 1.807) is 0 Å². The third-order valence-corrected chi connectivity index (χ3v) is 1.33. The molecule has 2 heteroatoms. The molecule has 0 aliphatic carbocycles. The molecule has 8 heavy (non-hydrogen) atoms. The number of nitrogens with one attached hydrogen (secondary N) is 1. The van der Waals surface area contributed by atoms with Crippen LogP contribution < -0.4 is 5.32 Å². The Hall–Kier alpha value is -0.340. The molecule has 1 aliphatic heterocycles. The van der Waals surface area contributed by atoms with Gasteiger partial charge in [0.15, 0.2) is 0 Å². The van der Waals surface area contributed by atoms with Crippen LogP contribution in [0.2, 0.25) is 0 Å². The summed E-state index contributed by atoms with van der Waals surface area (Å²) in [7, 11) is 0. The second-order valence-electron chi connectivity index (χ2n) is 1.99. The van der Waals surface area contributed by atoms with Crippen molar-refractivity contribution in [3.8, 4) is 0 Å². The van der Waals surface area contributed by atoms with Gasteiger partial charge in [0.05, 0.1) is 6.61 Å². The first-order chi connectivity index (χ1) is 3.93. The Bertz CT molecular complexity index is 90.5. The van der Waals surface area contributed by atoms with Gasteiger partial charge < -0.3 is 10.4 Å². The predicted molar refractivity (Wildman–Crippen MR) is 32.6 cm³/mol. The van der Waals surface area contributed by atoms with Gasteiger partial charge in [-0.25, -0.2) is 0 Å². The smallest absolute Gasteiger partial charge is 0.0587 e. The Balaban J connectivity index is 2.27. The zero-order valence-corrected chi connectivity index (χ0v) is 4.80. The highest BCUT2D eigenvalue weighted by atomic mass is 16.3. The highest BCUT2D eigenvalue weighted by Crippen LogP contribution is 1.96. The van der Waals surface area contributed by atoms with Gasteiger partial charge in [-0.1, -0.05) is 12.2 Å². The lowest BCUT2D eigenvalue weighted by Gasteiger charge is -2.15. The number of hydrogen-bond acceptors (Lipinski definition) is 2. The summed E-state index contributed by atoms with van der Waals surface area (Å²) in [5.41, 5.74) is 0. The summed E-state index contributed by atoms with van der Waals surface area (Å²) < 4.78 is 0. The Morgan fingerprint density at radius 1 is 1.62 bits per heavy atom. The minimum absolute atomic E-state index is 0.254. The van der Waals surface area contributed by atoms with E-state index in [-0.39, 0.29) is 6.61 Å². The van der Waals surface area contributed by atoms with Gasteiger partial charge in [-0.2, -0.15) is 0 Å². The van der Waals surface area contributed by atoms with Gasteiger partial charge in [0.1, 0.15) is 0 Å². The molecular formula is C6H11NO. The molecule has 0 aromatic rings. The lowest BCUT2D eigenvalue weighted by molar-refractivity contribution is 0.244. The maximum atomic E-state index is 8.59. The number of rotatable bonds is 1. The van der Waals surface area contributed by atoms with Gasteiger partial charge in [0.2, 0.25) is 0 Å². The molecule has 0 aromatic carbocycles. The van der Waals surface area contributed by atoms with Crippen molar-refractivity contribution >= 4 is 0 Å². The topological polar surface area (TPSA) is 32.3 Å². The largest absolute Gasteiger partial charge is 0.395 e. The summed E-state index contributed by atoms with van der Waals surface area (Å²) in [4.78, 5) is 0. The third kappa shape index (κ3) is 1.32. The summed E-state index contributed by atoms with van der Waals surface area (Å²) >= 11 is 0. The normalized spacial score (nSPS) is 28.4. The van der Waals surface area contributed by atoms with E-state index in [0.717, 1.165) is 13.0 Å². The highest BCUT2D eigenvalue weighted by Gasteiger charge is 2.04. The van der Waals surface area contributed by atoms with Gasteiger partial charge in [-0.05, 0) is 6.42 Å². The van der Waals surface area contributed by atoms with Crippen LogP contribution in [0, 0.1) is 0 Å². The predicted octanol–water partition coefficient (Wildman–Crippen LogP) is -0.103. The van der Waals surface area contributed by atoms with Crippen LogP contribution >= 0.6 is 0 Å². The van der Waals surface area contributed by atoms with E-state index >= 15 is 0 Å². The summed E-state index contributed by atoms with van der Waals surface area (Å²) in [5, 5.41) is 11.7. The van der Waals surface area contributed by atoms with Gasteiger partial charge in [0.25, 0.3) is 0 Å². The highest BCUT2D eigenvalue weighted by molar-refractivity contribution is 4.93. The SMILES string of the molecule is OCC1CC=CCN1. The third-order valence-electron chi connectivity index (χ3n) is 1.33. The Morgan fingerprint density at radius 3 is 2.88 bits per heavy atom. The van der Waals surface area contributed by atoms with Crippen molar-refractivity contribution in [2.45, 2.75) is 12.5 Å². The van der Waals surface area contributed by atoms with Crippen molar-refractivity contribution < 1.29 is 5.11 Å². The van der Waals surface area contributed by atoms with Crippen LogP contribution in [-0.2, 0) is 0 Å². The van der Waals surface area contributed by atoms with Crippen molar-refractivity contribution in [2.75, 3.05) is 13.2 Å². The lowest BCUT2D eigenvalue weighted by Crippen LogP contribution is -2.34. The summed E-state index contributed by atoms with van der Waals surface area (Å²) in [6, 6.07) is 0.306. The molecule has 0 radical (unpaired) electrons. The molecule has 0 bridgehead atoms. The van der Waals surface area contributed by atoms with Crippen LogP contribution in [0.25, 0.3) is 0 Å². The standard InChI is InChI=1S/C6H11NO/c8-5-6-3-1-2-4-7-6/h1-2,6-8H,3-5H2. The molecule has 1 rings (SSSR count). The first-order valence-corrected chi connectivity index (χ1v) is 2.92. The molecular weight excluding hydrogens is 102 g/mol. The molecule has 0 spiro atoms. The van der Waals surface area contributed by atoms with Crippen molar-refractivity contribution in [3.63, 3.8) is 0 Å². The second kappa shape index (κ2) is 2.84. The van der Waals surface area contributed by atoms with E-state index in [0.29, 0.717) is 6.04 Å². The zero-order valence-electron chi connectivity index (χ0n) is 4.80. The number of aliphatic hydroxyl groups is 1. The minimum atomic E-state index is 0.254. The molecule has 0 saturated carbocycles. The van der Waals surface area contributed by atoms with Crippen LogP contribution in [0.3, 0.4) is 0 Å². The minimum Gasteiger partial charge on any atom is -0.395 e. The van der Waals surface area contributed by atoms with Gasteiger partial charge in [-0.3, -0.25) is 0 Å². The van der Waals surface area contributed by atoms with Gasteiger partial charge in [0, 0.05) is 12.6 Å². The van der Waals surface area contributed by atoms with E-state index in [1.165, 1.54) is 0 Å². The van der Waals surface area contributed by atoms with Crippen LogP contribution in [0.15, 0.2) is 12.2 Å². The molecule has 0 fully saturated rings. The van der Waals surface area contributed by atoms with E-state index < -0.39 is 0 Å². The fourth-order valence-electron chi connectivity index (χ4n) is 0.801. The van der Waals surface area contributed by atoms with E-state index in [9.17, 15) is 0 Å². The van der Waals surface area contributed by atoms with E-state index in [2.05, 4.69) is 17.5 Å². The van der Waals surface area contributed by atoms with Crippen LogP contribution in [0.4, 0.5) is 0 Å². The Morgan fingerprint density at radius 2 is 2.50 bits per heavy atom. The van der Waals surface area contributed by atoms with Crippen LogP contribution in [0.5, 0.6) is 0 Å². The maximum absolute atomic E-state index is 8.59. The molecule has 1 atom stereocenters. The van der Waals surface area contributed by atoms with Gasteiger partial charge >= 0.3 is 0 Å². The molecule has 0 saturated heterocycles. The quantitative estimate of drug-likeness (QED) is 0.465. The second-order valence-corrected chi connectivity index (χ2v) is 1.99. The van der Waals surface area contributed by atoms with Crippen molar-refractivity contribution in [2.24, 2.45) is 0 Å². The molecule has 1 aliphatic rings. The van der Waals surface area contributed by atoms with E-state index in [4.69, 9.17) is 5.11 Å². The Labute approximate surface area is 49.2 Å². The monoisotopic (exact) mass is 113 g/mol. The molecule has 0 amide bonds. The summed E-state index contributed by atoms with van der Waals surface area (Å²) in [5.74, 6) is 0. The molecule has 2 nitrogen and oxygen atoms in total. The van der Waals surface area contributed by atoms with Crippen LogP contribution in [-0.4, -0.2) is 24.3 Å². The first-order valence-electron chi connectivity index (χ1n) is 2.92. The average Bonchev–Trinajstić information content (AvgIpc) is 1.90. The first kappa shape index (κ1) is 5.79. The Kier molecular flexibility index (Phi) is 2.06.